The lowest BCUT2D eigenvalue weighted by Crippen LogP contribution is -2.28. The van der Waals surface area contributed by atoms with Gasteiger partial charge in [0.25, 0.3) is 0 Å². The Hall–Kier alpha value is -1.02. The third kappa shape index (κ3) is 36.1. The summed E-state index contributed by atoms with van der Waals surface area (Å²) in [6.07, 6.45) is 37.5. The molecule has 0 amide bonds. The highest BCUT2D eigenvalue weighted by atomic mass is 31.2. The lowest BCUT2D eigenvalue weighted by Gasteiger charge is -2.20. The maximum absolute atomic E-state index is 12.5. The molecule has 0 aliphatic carbocycles. The van der Waals surface area contributed by atoms with Crippen molar-refractivity contribution < 1.29 is 32.8 Å². The number of phosphoric ester groups is 1. The molecule has 9 heteroatoms. The molecule has 0 radical (unpaired) electrons. The van der Waals surface area contributed by atoms with Crippen molar-refractivity contribution in [2.24, 2.45) is 5.73 Å². The average Bonchev–Trinajstić information content (AvgIpc) is 3.06. The third-order valence-corrected chi connectivity index (χ3v) is 9.11. The Kier molecular flexibility index (Phi) is 35.5. The molecule has 0 saturated carbocycles. The predicted molar refractivity (Wildman–Crippen MR) is 197 cm³/mol. The van der Waals surface area contributed by atoms with Crippen LogP contribution in [-0.4, -0.2) is 49.9 Å². The molecule has 0 aliphatic rings. The molecule has 0 aliphatic heterocycles. The number of rotatable bonds is 37. The summed E-state index contributed by atoms with van der Waals surface area (Å²) in [5.74, 6) is -0.343. The third-order valence-electron chi connectivity index (χ3n) is 8.12. The van der Waals surface area contributed by atoms with E-state index in [4.69, 9.17) is 24.3 Å². The van der Waals surface area contributed by atoms with Gasteiger partial charge in [-0.25, -0.2) is 4.57 Å². The number of unbranched alkanes of at least 4 members (excludes halogenated alkanes) is 20. The molecular weight excluding hydrogens is 613 g/mol. The number of hydrogen-bond donors (Lipinski definition) is 2. The van der Waals surface area contributed by atoms with Gasteiger partial charge in [0, 0.05) is 19.6 Å². The monoisotopic (exact) mass is 688 g/mol. The van der Waals surface area contributed by atoms with E-state index in [-0.39, 0.29) is 32.3 Å². The zero-order valence-electron chi connectivity index (χ0n) is 30.5. The van der Waals surface area contributed by atoms with Gasteiger partial charge in [0.15, 0.2) is 0 Å². The second kappa shape index (κ2) is 36.3. The Labute approximate surface area is 289 Å². The van der Waals surface area contributed by atoms with E-state index in [0.29, 0.717) is 13.0 Å². The van der Waals surface area contributed by atoms with Crippen LogP contribution in [0.15, 0.2) is 24.3 Å². The molecule has 2 unspecified atom stereocenters. The van der Waals surface area contributed by atoms with Gasteiger partial charge in [0.05, 0.1) is 19.8 Å². The number of nitrogens with two attached hydrogens (primary N) is 1. The minimum absolute atomic E-state index is 0.0966. The lowest BCUT2D eigenvalue weighted by atomic mass is 10.0. The summed E-state index contributed by atoms with van der Waals surface area (Å²) in [7, 11) is -4.27. The predicted octanol–water partition coefficient (Wildman–Crippen LogP) is 10.9. The molecule has 2 atom stereocenters. The molecule has 47 heavy (non-hydrogen) atoms. The van der Waals surface area contributed by atoms with Crippen molar-refractivity contribution in [3.63, 3.8) is 0 Å². The SMILES string of the molecule is CCCC/C=C\C/C=C\CCCCCCCC(=O)OC(COCCCCCCCCCCCCCCCC)COP(=O)(O)OCCN. The molecule has 0 saturated heterocycles. The van der Waals surface area contributed by atoms with Gasteiger partial charge in [0.2, 0.25) is 0 Å². The van der Waals surface area contributed by atoms with Gasteiger partial charge in [-0.05, 0) is 38.5 Å². The summed E-state index contributed by atoms with van der Waals surface area (Å²) in [5, 5.41) is 0. The van der Waals surface area contributed by atoms with Crippen LogP contribution in [0.25, 0.3) is 0 Å². The van der Waals surface area contributed by atoms with Crippen molar-refractivity contribution in [2.75, 3.05) is 33.0 Å². The lowest BCUT2D eigenvalue weighted by molar-refractivity contribution is -0.154. The van der Waals surface area contributed by atoms with E-state index in [1.54, 1.807) is 0 Å². The van der Waals surface area contributed by atoms with Crippen molar-refractivity contribution in [3.05, 3.63) is 24.3 Å². The fourth-order valence-corrected chi connectivity index (χ4v) is 6.01. The first-order chi connectivity index (χ1) is 22.9. The quantitative estimate of drug-likeness (QED) is 0.0287. The summed E-state index contributed by atoms with van der Waals surface area (Å²) >= 11 is 0. The first-order valence-electron chi connectivity index (χ1n) is 19.3. The standard InChI is InChI=1S/C38H74NO7P/c1-3-5-7-9-11-13-15-17-19-21-23-25-27-29-31-38(40)46-37(36-45-47(41,42)44-34-32-39)35-43-33-30-28-26-24-22-20-18-16-14-12-10-8-6-4-2/h9,11,15,17,37H,3-8,10,12-14,16,18-36,39H2,1-2H3,(H,41,42)/b11-9-,17-15-. The van der Waals surface area contributed by atoms with Crippen LogP contribution in [0.4, 0.5) is 0 Å². The van der Waals surface area contributed by atoms with Gasteiger partial charge in [-0.1, -0.05) is 154 Å². The Balaban J connectivity index is 4.09. The number of ether oxygens (including phenoxy) is 2. The molecule has 8 nitrogen and oxygen atoms in total. The average molecular weight is 688 g/mol. The molecule has 0 aromatic heterocycles. The van der Waals surface area contributed by atoms with Crippen molar-refractivity contribution >= 4 is 13.8 Å². The number of esters is 1. The second-order valence-corrected chi connectivity index (χ2v) is 14.2. The molecule has 0 bridgehead atoms. The molecule has 0 rings (SSSR count). The second-order valence-electron chi connectivity index (χ2n) is 12.8. The van der Waals surface area contributed by atoms with Crippen molar-refractivity contribution in [3.8, 4) is 0 Å². The largest absolute Gasteiger partial charge is 0.472 e. The topological polar surface area (TPSA) is 117 Å². The Morgan fingerprint density at radius 2 is 1.15 bits per heavy atom. The number of carbonyl (C=O) groups excluding carboxylic acids is 1. The number of carbonyl (C=O) groups is 1. The molecule has 0 fully saturated rings. The minimum atomic E-state index is -4.27. The van der Waals surface area contributed by atoms with Crippen LogP contribution in [0.1, 0.15) is 174 Å². The fraction of sp³-hybridized carbons (Fsp3) is 0.868. The zero-order chi connectivity index (χ0) is 34.5. The number of allylic oxidation sites excluding steroid dienone is 4. The summed E-state index contributed by atoms with van der Waals surface area (Å²) < 4.78 is 33.3. The van der Waals surface area contributed by atoms with Crippen LogP contribution in [0.3, 0.4) is 0 Å². The Morgan fingerprint density at radius 3 is 1.72 bits per heavy atom. The van der Waals surface area contributed by atoms with E-state index in [1.165, 1.54) is 96.3 Å². The van der Waals surface area contributed by atoms with Gasteiger partial charge in [-0.2, -0.15) is 0 Å². The molecule has 0 aromatic rings. The highest BCUT2D eigenvalue weighted by Crippen LogP contribution is 2.43. The van der Waals surface area contributed by atoms with E-state index in [0.717, 1.165) is 57.8 Å². The van der Waals surface area contributed by atoms with E-state index >= 15 is 0 Å². The van der Waals surface area contributed by atoms with Crippen LogP contribution < -0.4 is 5.73 Å². The van der Waals surface area contributed by atoms with Crippen LogP contribution in [-0.2, 0) is 27.9 Å². The van der Waals surface area contributed by atoms with Gasteiger partial charge in [0.1, 0.15) is 6.10 Å². The maximum Gasteiger partial charge on any atom is 0.472 e. The fourth-order valence-electron chi connectivity index (χ4n) is 5.25. The van der Waals surface area contributed by atoms with Crippen LogP contribution in [0.2, 0.25) is 0 Å². The van der Waals surface area contributed by atoms with Gasteiger partial charge in [-0.3, -0.25) is 13.8 Å². The first-order valence-corrected chi connectivity index (χ1v) is 20.8. The summed E-state index contributed by atoms with van der Waals surface area (Å²) in [4.78, 5) is 22.4. The molecule has 0 heterocycles. The molecule has 278 valence electrons. The van der Waals surface area contributed by atoms with Crippen molar-refractivity contribution in [2.45, 2.75) is 180 Å². The summed E-state index contributed by atoms with van der Waals surface area (Å²) in [6, 6.07) is 0. The number of hydrogen-bond acceptors (Lipinski definition) is 7. The van der Waals surface area contributed by atoms with Crippen molar-refractivity contribution in [1.29, 1.82) is 0 Å². The summed E-state index contributed by atoms with van der Waals surface area (Å²) in [6.45, 7) is 4.87. The van der Waals surface area contributed by atoms with Gasteiger partial charge >= 0.3 is 13.8 Å². The minimum Gasteiger partial charge on any atom is -0.457 e. The van der Waals surface area contributed by atoms with Gasteiger partial charge < -0.3 is 20.1 Å². The normalized spacial score (nSPS) is 13.9. The maximum atomic E-state index is 12.5. The van der Waals surface area contributed by atoms with E-state index in [2.05, 4.69) is 38.2 Å². The zero-order valence-corrected chi connectivity index (χ0v) is 31.4. The highest BCUT2D eigenvalue weighted by molar-refractivity contribution is 7.47. The van der Waals surface area contributed by atoms with Crippen molar-refractivity contribution in [1.82, 2.24) is 0 Å². The first kappa shape index (κ1) is 46.0. The van der Waals surface area contributed by atoms with E-state index in [1.807, 2.05) is 0 Å². The van der Waals surface area contributed by atoms with E-state index < -0.39 is 13.9 Å². The number of phosphoric acid groups is 1. The van der Waals surface area contributed by atoms with Gasteiger partial charge in [-0.15, -0.1) is 0 Å². The van der Waals surface area contributed by atoms with Crippen LogP contribution in [0.5, 0.6) is 0 Å². The Morgan fingerprint density at radius 1 is 0.638 bits per heavy atom. The molecule has 3 N–H and O–H groups in total. The highest BCUT2D eigenvalue weighted by Gasteiger charge is 2.25. The molecular formula is C38H74NO7P. The van der Waals surface area contributed by atoms with Crippen LogP contribution >= 0.6 is 7.82 Å². The Bertz CT molecular complexity index is 777. The summed E-state index contributed by atoms with van der Waals surface area (Å²) in [5.41, 5.74) is 5.35. The molecule has 0 aromatic carbocycles. The smallest absolute Gasteiger partial charge is 0.457 e. The molecule has 0 spiro atoms. The van der Waals surface area contributed by atoms with E-state index in [9.17, 15) is 14.3 Å². The van der Waals surface area contributed by atoms with Crippen LogP contribution in [0, 0.1) is 0 Å².